The average molecular weight is 220 g/mol. The number of ether oxygens (including phenoxy) is 2. The summed E-state index contributed by atoms with van der Waals surface area (Å²) in [5.41, 5.74) is 1.49. The molecule has 0 amide bonds. The molecule has 0 fully saturated rings. The van der Waals surface area contributed by atoms with Crippen LogP contribution in [0.1, 0.15) is 26.3 Å². The number of hydrogen-bond acceptors (Lipinski definition) is 2. The maximum absolute atomic E-state index is 5.50. The third-order valence-electron chi connectivity index (χ3n) is 2.31. The van der Waals surface area contributed by atoms with Gasteiger partial charge in [0.05, 0.1) is 6.26 Å². The first kappa shape index (κ1) is 12.6. The van der Waals surface area contributed by atoms with Gasteiger partial charge < -0.3 is 9.47 Å². The van der Waals surface area contributed by atoms with Gasteiger partial charge in [-0.15, -0.1) is 0 Å². The lowest BCUT2D eigenvalue weighted by atomic mass is 9.87. The Morgan fingerprint density at radius 2 is 1.75 bits per heavy atom. The van der Waals surface area contributed by atoms with Crippen molar-refractivity contribution >= 4 is 0 Å². The van der Waals surface area contributed by atoms with Gasteiger partial charge in [0, 0.05) is 0 Å². The molecular weight excluding hydrogens is 200 g/mol. The lowest BCUT2D eigenvalue weighted by Gasteiger charge is -2.19. The Labute approximate surface area is 97.9 Å². The van der Waals surface area contributed by atoms with Crippen molar-refractivity contribution in [3.05, 3.63) is 42.7 Å². The maximum Gasteiger partial charge on any atom is 0.122 e. The fourth-order valence-electron chi connectivity index (χ4n) is 1.34. The minimum Gasteiger partial charge on any atom is -0.498 e. The van der Waals surface area contributed by atoms with E-state index < -0.39 is 0 Å². The predicted molar refractivity (Wildman–Crippen MR) is 66.8 cm³/mol. The van der Waals surface area contributed by atoms with E-state index in [-0.39, 0.29) is 5.41 Å². The van der Waals surface area contributed by atoms with Crippen LogP contribution in [0.5, 0.6) is 5.75 Å². The Balaban J connectivity index is 2.48. The predicted octanol–water partition coefficient (Wildman–Crippen LogP) is 3.52. The van der Waals surface area contributed by atoms with E-state index >= 15 is 0 Å². The number of rotatable bonds is 5. The topological polar surface area (TPSA) is 18.5 Å². The smallest absolute Gasteiger partial charge is 0.122 e. The van der Waals surface area contributed by atoms with Gasteiger partial charge in [-0.1, -0.05) is 39.5 Å². The molecule has 1 aromatic carbocycles. The molecule has 2 nitrogen and oxygen atoms in total. The summed E-state index contributed by atoms with van der Waals surface area (Å²) in [4.78, 5) is 0. The van der Waals surface area contributed by atoms with Gasteiger partial charge in [-0.05, 0) is 23.1 Å². The molecule has 0 radical (unpaired) electrons. The molecule has 16 heavy (non-hydrogen) atoms. The monoisotopic (exact) mass is 220 g/mol. The molecule has 0 unspecified atom stereocenters. The van der Waals surface area contributed by atoms with Crippen LogP contribution in [0.3, 0.4) is 0 Å². The second-order valence-corrected chi connectivity index (χ2v) is 4.66. The molecule has 0 saturated carbocycles. The average Bonchev–Trinajstić information content (AvgIpc) is 2.24. The highest BCUT2D eigenvalue weighted by atomic mass is 16.5. The number of benzene rings is 1. The first-order chi connectivity index (χ1) is 7.54. The van der Waals surface area contributed by atoms with Crippen LogP contribution in [-0.2, 0) is 10.2 Å². The van der Waals surface area contributed by atoms with Gasteiger partial charge in [0.15, 0.2) is 0 Å². The van der Waals surface area contributed by atoms with Gasteiger partial charge in [0.2, 0.25) is 0 Å². The summed E-state index contributed by atoms with van der Waals surface area (Å²) in [6.45, 7) is 11.1. The standard InChI is InChI=1S/C14H20O2/c1-5-15-10-11-16-13-8-6-12(7-9-13)14(2,3)4/h5-9H,1,10-11H2,2-4H3. The summed E-state index contributed by atoms with van der Waals surface area (Å²) in [5.74, 6) is 0.876. The highest BCUT2D eigenvalue weighted by Crippen LogP contribution is 2.24. The zero-order valence-corrected chi connectivity index (χ0v) is 10.3. The molecule has 1 aromatic rings. The zero-order chi connectivity index (χ0) is 12.0. The van der Waals surface area contributed by atoms with Crippen LogP contribution in [0, 0.1) is 0 Å². The lowest BCUT2D eigenvalue weighted by Crippen LogP contribution is -2.10. The molecule has 0 aliphatic rings. The van der Waals surface area contributed by atoms with E-state index in [0.717, 1.165) is 5.75 Å². The Kier molecular flexibility index (Phi) is 4.41. The van der Waals surface area contributed by atoms with Gasteiger partial charge >= 0.3 is 0 Å². The molecule has 0 N–H and O–H groups in total. The Bertz CT molecular complexity index is 320. The second-order valence-electron chi connectivity index (χ2n) is 4.66. The van der Waals surface area contributed by atoms with E-state index in [1.165, 1.54) is 11.8 Å². The van der Waals surface area contributed by atoms with Crippen molar-refractivity contribution in [3.8, 4) is 5.75 Å². The minimum atomic E-state index is 0.185. The lowest BCUT2D eigenvalue weighted by molar-refractivity contribution is 0.179. The molecule has 0 bridgehead atoms. The van der Waals surface area contributed by atoms with Gasteiger partial charge in [-0.3, -0.25) is 0 Å². The van der Waals surface area contributed by atoms with E-state index in [9.17, 15) is 0 Å². The van der Waals surface area contributed by atoms with Crippen molar-refractivity contribution in [3.63, 3.8) is 0 Å². The molecule has 0 spiro atoms. The Morgan fingerprint density at radius 1 is 1.12 bits per heavy atom. The van der Waals surface area contributed by atoms with Gasteiger partial charge in [0.1, 0.15) is 19.0 Å². The highest BCUT2D eigenvalue weighted by molar-refractivity contribution is 5.31. The molecule has 1 rings (SSSR count). The van der Waals surface area contributed by atoms with Crippen molar-refractivity contribution in [2.24, 2.45) is 0 Å². The first-order valence-electron chi connectivity index (χ1n) is 5.50. The van der Waals surface area contributed by atoms with E-state index in [0.29, 0.717) is 13.2 Å². The second kappa shape index (κ2) is 5.59. The van der Waals surface area contributed by atoms with Crippen LogP contribution >= 0.6 is 0 Å². The summed E-state index contributed by atoms with van der Waals surface area (Å²) in [7, 11) is 0. The van der Waals surface area contributed by atoms with Crippen LogP contribution in [0.2, 0.25) is 0 Å². The zero-order valence-electron chi connectivity index (χ0n) is 10.3. The van der Waals surface area contributed by atoms with Crippen LogP contribution in [0.4, 0.5) is 0 Å². The third kappa shape index (κ3) is 3.97. The van der Waals surface area contributed by atoms with Crippen LogP contribution in [0.15, 0.2) is 37.1 Å². The first-order valence-corrected chi connectivity index (χ1v) is 5.50. The Hall–Kier alpha value is -1.44. The molecule has 0 atom stereocenters. The molecule has 0 aliphatic carbocycles. The molecule has 88 valence electrons. The third-order valence-corrected chi connectivity index (χ3v) is 2.31. The summed E-state index contributed by atoms with van der Waals surface area (Å²) in [6.07, 6.45) is 1.42. The largest absolute Gasteiger partial charge is 0.498 e. The van der Waals surface area contributed by atoms with E-state index in [1.54, 1.807) is 0 Å². The molecule has 0 heterocycles. The van der Waals surface area contributed by atoms with E-state index in [4.69, 9.17) is 9.47 Å². The van der Waals surface area contributed by atoms with Crippen molar-refractivity contribution in [2.45, 2.75) is 26.2 Å². The van der Waals surface area contributed by atoms with Gasteiger partial charge in [0.25, 0.3) is 0 Å². The molecule has 0 aromatic heterocycles. The normalized spacial score (nSPS) is 10.9. The summed E-state index contributed by atoms with van der Waals surface area (Å²) < 4.78 is 10.5. The van der Waals surface area contributed by atoms with Crippen LogP contribution < -0.4 is 4.74 Å². The van der Waals surface area contributed by atoms with Crippen molar-refractivity contribution in [1.29, 1.82) is 0 Å². The summed E-state index contributed by atoms with van der Waals surface area (Å²) >= 11 is 0. The van der Waals surface area contributed by atoms with E-state index in [2.05, 4.69) is 39.5 Å². The molecule has 2 heteroatoms. The Morgan fingerprint density at radius 3 is 2.25 bits per heavy atom. The molecular formula is C14H20O2. The maximum atomic E-state index is 5.50. The van der Waals surface area contributed by atoms with Crippen LogP contribution in [0.25, 0.3) is 0 Å². The van der Waals surface area contributed by atoms with E-state index in [1.807, 2.05) is 12.1 Å². The highest BCUT2D eigenvalue weighted by Gasteiger charge is 2.12. The van der Waals surface area contributed by atoms with Crippen molar-refractivity contribution in [2.75, 3.05) is 13.2 Å². The van der Waals surface area contributed by atoms with Gasteiger partial charge in [-0.25, -0.2) is 0 Å². The molecule has 0 saturated heterocycles. The van der Waals surface area contributed by atoms with Crippen LogP contribution in [-0.4, -0.2) is 13.2 Å². The number of hydrogen-bond donors (Lipinski definition) is 0. The van der Waals surface area contributed by atoms with Crippen molar-refractivity contribution < 1.29 is 9.47 Å². The minimum absolute atomic E-state index is 0.185. The molecule has 0 aliphatic heterocycles. The quantitative estimate of drug-likeness (QED) is 0.558. The van der Waals surface area contributed by atoms with Crippen molar-refractivity contribution in [1.82, 2.24) is 0 Å². The summed E-state index contributed by atoms with van der Waals surface area (Å²) in [6, 6.07) is 8.19. The van der Waals surface area contributed by atoms with Gasteiger partial charge in [-0.2, -0.15) is 0 Å². The fourth-order valence-corrected chi connectivity index (χ4v) is 1.34. The summed E-state index contributed by atoms with van der Waals surface area (Å²) in [5, 5.41) is 0. The fraction of sp³-hybridized carbons (Fsp3) is 0.429. The SMILES string of the molecule is C=COCCOc1ccc(C(C)(C)C)cc1.